The van der Waals surface area contributed by atoms with E-state index >= 15 is 0 Å². The van der Waals surface area contributed by atoms with Gasteiger partial charge in [-0.1, -0.05) is 19.8 Å². The first-order chi connectivity index (χ1) is 10.2. The number of hydrogen-bond donors (Lipinski definition) is 3. The molecule has 2 aliphatic rings. The molecule has 0 spiro atoms. The quantitative estimate of drug-likeness (QED) is 0.671. The van der Waals surface area contributed by atoms with Crippen LogP contribution >= 0.6 is 12.4 Å². The van der Waals surface area contributed by atoms with Crippen molar-refractivity contribution in [1.82, 2.24) is 10.6 Å². The minimum Gasteiger partial charge on any atom is -0.396 e. The Labute approximate surface area is 141 Å². The maximum absolute atomic E-state index is 12.2. The van der Waals surface area contributed by atoms with Gasteiger partial charge in [0.1, 0.15) is 0 Å². The van der Waals surface area contributed by atoms with Crippen LogP contribution in [0.4, 0.5) is 0 Å². The van der Waals surface area contributed by atoms with E-state index in [4.69, 9.17) is 0 Å². The van der Waals surface area contributed by atoms with Gasteiger partial charge in [-0.2, -0.15) is 0 Å². The predicted molar refractivity (Wildman–Crippen MR) is 92.2 cm³/mol. The molecule has 130 valence electrons. The van der Waals surface area contributed by atoms with Crippen LogP contribution in [0.1, 0.15) is 58.3 Å². The zero-order valence-corrected chi connectivity index (χ0v) is 14.7. The van der Waals surface area contributed by atoms with Crippen molar-refractivity contribution >= 4 is 18.3 Å². The van der Waals surface area contributed by atoms with E-state index in [-0.39, 0.29) is 30.3 Å². The van der Waals surface area contributed by atoms with Crippen LogP contribution in [0.25, 0.3) is 0 Å². The lowest BCUT2D eigenvalue weighted by atomic mass is 9.82. The smallest absolute Gasteiger partial charge is 0.220 e. The third-order valence-corrected chi connectivity index (χ3v) is 5.61. The first-order valence-corrected chi connectivity index (χ1v) is 8.73. The molecule has 1 aliphatic heterocycles. The van der Waals surface area contributed by atoms with Crippen molar-refractivity contribution < 1.29 is 9.90 Å². The number of piperidine rings is 1. The van der Waals surface area contributed by atoms with Crippen molar-refractivity contribution in [3.63, 3.8) is 0 Å². The highest BCUT2D eigenvalue weighted by Crippen LogP contribution is 2.40. The molecule has 2 rings (SSSR count). The Morgan fingerprint density at radius 1 is 1.36 bits per heavy atom. The summed E-state index contributed by atoms with van der Waals surface area (Å²) >= 11 is 0. The second-order valence-corrected chi connectivity index (χ2v) is 7.25. The van der Waals surface area contributed by atoms with E-state index in [1.807, 2.05) is 0 Å². The van der Waals surface area contributed by atoms with Crippen LogP contribution < -0.4 is 10.6 Å². The van der Waals surface area contributed by atoms with Gasteiger partial charge in [0.25, 0.3) is 0 Å². The minimum absolute atomic E-state index is 0. The van der Waals surface area contributed by atoms with Crippen molar-refractivity contribution in [3.05, 3.63) is 0 Å². The lowest BCUT2D eigenvalue weighted by Crippen LogP contribution is -2.39. The molecule has 2 unspecified atom stereocenters. The average Bonchev–Trinajstić information content (AvgIpc) is 2.95. The van der Waals surface area contributed by atoms with Crippen molar-refractivity contribution in [2.75, 3.05) is 26.2 Å². The molecule has 2 atom stereocenters. The van der Waals surface area contributed by atoms with E-state index in [0.717, 1.165) is 38.9 Å². The topological polar surface area (TPSA) is 61.4 Å². The third kappa shape index (κ3) is 5.71. The van der Waals surface area contributed by atoms with Crippen LogP contribution in [0.15, 0.2) is 0 Å². The van der Waals surface area contributed by atoms with Crippen LogP contribution in [-0.4, -0.2) is 37.3 Å². The molecule has 3 N–H and O–H groups in total. The second kappa shape index (κ2) is 9.74. The number of hydrogen-bond acceptors (Lipinski definition) is 3. The van der Waals surface area contributed by atoms with Crippen LogP contribution in [0.3, 0.4) is 0 Å². The Morgan fingerprint density at radius 2 is 2.09 bits per heavy atom. The Hall–Kier alpha value is -0.320. The molecule has 0 bridgehead atoms. The average molecular weight is 333 g/mol. The first kappa shape index (κ1) is 19.7. The summed E-state index contributed by atoms with van der Waals surface area (Å²) in [4.78, 5) is 12.2. The zero-order valence-electron chi connectivity index (χ0n) is 13.9. The summed E-state index contributed by atoms with van der Waals surface area (Å²) < 4.78 is 0. The maximum atomic E-state index is 12.2. The highest BCUT2D eigenvalue weighted by molar-refractivity contribution is 5.85. The Morgan fingerprint density at radius 3 is 2.68 bits per heavy atom. The van der Waals surface area contributed by atoms with Crippen molar-refractivity contribution in [2.45, 2.75) is 58.3 Å². The molecule has 0 radical (unpaired) electrons. The van der Waals surface area contributed by atoms with Gasteiger partial charge in [-0.25, -0.2) is 0 Å². The van der Waals surface area contributed by atoms with Gasteiger partial charge in [0.05, 0.1) is 0 Å². The summed E-state index contributed by atoms with van der Waals surface area (Å²) in [5.41, 5.74) is 0.167. The third-order valence-electron chi connectivity index (χ3n) is 5.61. The number of rotatable bonds is 7. The SMILES string of the molecule is CC(CC(=O)NCC1(CCO)CCCC1)C1CCCNC1.Cl. The van der Waals surface area contributed by atoms with Crippen molar-refractivity contribution in [2.24, 2.45) is 17.3 Å². The fraction of sp³-hybridized carbons (Fsp3) is 0.941. The molecule has 5 heteroatoms. The second-order valence-electron chi connectivity index (χ2n) is 7.25. The molecule has 1 saturated heterocycles. The molecule has 0 aromatic rings. The molecule has 1 heterocycles. The molecule has 1 amide bonds. The maximum Gasteiger partial charge on any atom is 0.220 e. The zero-order chi connectivity index (χ0) is 15.1. The van der Waals surface area contributed by atoms with Crippen molar-refractivity contribution in [1.29, 1.82) is 0 Å². The summed E-state index contributed by atoms with van der Waals surface area (Å²) in [6, 6.07) is 0. The molecule has 0 aromatic carbocycles. The highest BCUT2D eigenvalue weighted by Gasteiger charge is 2.33. The highest BCUT2D eigenvalue weighted by atomic mass is 35.5. The van der Waals surface area contributed by atoms with E-state index in [0.29, 0.717) is 18.3 Å². The molecule has 2 fully saturated rings. The predicted octanol–water partition coefficient (Wildman–Crippen LogP) is 2.49. The van der Waals surface area contributed by atoms with Gasteiger partial charge in [0, 0.05) is 19.6 Å². The normalized spacial score (nSPS) is 25.3. The molecule has 4 nitrogen and oxygen atoms in total. The van der Waals surface area contributed by atoms with E-state index in [2.05, 4.69) is 17.6 Å². The largest absolute Gasteiger partial charge is 0.396 e. The lowest BCUT2D eigenvalue weighted by molar-refractivity contribution is -0.122. The van der Waals surface area contributed by atoms with Gasteiger partial charge < -0.3 is 15.7 Å². The summed E-state index contributed by atoms with van der Waals surface area (Å²) in [5.74, 6) is 1.29. The number of carbonyl (C=O) groups is 1. The first-order valence-electron chi connectivity index (χ1n) is 8.73. The van der Waals surface area contributed by atoms with Gasteiger partial charge in [0.15, 0.2) is 0 Å². The van der Waals surface area contributed by atoms with Crippen LogP contribution in [0.2, 0.25) is 0 Å². The standard InChI is InChI=1S/C17H32N2O2.ClH/c1-14(15-5-4-9-18-12-15)11-16(21)19-13-17(8-10-20)6-2-3-7-17;/h14-15,18,20H,2-13H2,1H3,(H,19,21);1H. The van der Waals surface area contributed by atoms with E-state index in [1.165, 1.54) is 25.7 Å². The fourth-order valence-electron chi connectivity index (χ4n) is 4.06. The Balaban J connectivity index is 0.00000242. The number of halogens is 1. The van der Waals surface area contributed by atoms with Crippen LogP contribution in [0.5, 0.6) is 0 Å². The molecule has 0 aromatic heterocycles. The van der Waals surface area contributed by atoms with Gasteiger partial charge in [0.2, 0.25) is 5.91 Å². The van der Waals surface area contributed by atoms with Gasteiger partial charge in [-0.15, -0.1) is 12.4 Å². The molecule has 22 heavy (non-hydrogen) atoms. The molecule has 1 saturated carbocycles. The van der Waals surface area contributed by atoms with Crippen molar-refractivity contribution in [3.8, 4) is 0 Å². The number of amides is 1. The van der Waals surface area contributed by atoms with E-state index in [1.54, 1.807) is 0 Å². The minimum atomic E-state index is 0. The molecule has 1 aliphatic carbocycles. The monoisotopic (exact) mass is 332 g/mol. The van der Waals surface area contributed by atoms with Gasteiger partial charge >= 0.3 is 0 Å². The Kier molecular flexibility index (Phi) is 8.73. The van der Waals surface area contributed by atoms with Crippen LogP contribution in [0, 0.1) is 17.3 Å². The Bertz CT molecular complexity index is 327. The number of nitrogens with one attached hydrogen (secondary N) is 2. The van der Waals surface area contributed by atoms with Crippen LogP contribution in [-0.2, 0) is 4.79 Å². The number of carbonyl (C=O) groups excluding carboxylic acids is 1. The van der Waals surface area contributed by atoms with Gasteiger partial charge in [-0.3, -0.25) is 4.79 Å². The molecular formula is C17H33ClN2O2. The lowest BCUT2D eigenvalue weighted by Gasteiger charge is -2.30. The molecular weight excluding hydrogens is 300 g/mol. The summed E-state index contributed by atoms with van der Waals surface area (Å²) in [7, 11) is 0. The summed E-state index contributed by atoms with van der Waals surface area (Å²) in [6.07, 6.45) is 8.72. The fourth-order valence-corrected chi connectivity index (χ4v) is 4.06. The van der Waals surface area contributed by atoms with E-state index < -0.39 is 0 Å². The number of aliphatic hydroxyl groups excluding tert-OH is 1. The summed E-state index contributed by atoms with van der Waals surface area (Å²) in [5, 5.41) is 15.8. The summed E-state index contributed by atoms with van der Waals surface area (Å²) in [6.45, 7) is 5.38. The number of aliphatic hydroxyl groups is 1. The van der Waals surface area contributed by atoms with Gasteiger partial charge in [-0.05, 0) is 62.4 Å². The van der Waals surface area contributed by atoms with E-state index in [9.17, 15) is 9.90 Å².